The van der Waals surface area contributed by atoms with Crippen molar-refractivity contribution in [3.8, 4) is 95.7 Å². The molecule has 9 nitrogen and oxygen atoms in total. The number of rotatable bonds is 10. The number of benzene rings is 19. The molecular formula is C114H73N9. The molecule has 0 aliphatic carbocycles. The first-order valence-electron chi connectivity index (χ1n) is 41.6. The van der Waals surface area contributed by atoms with Gasteiger partial charge in [-0.2, -0.15) is 0 Å². The molecular weight excluding hydrogens is 1500 g/mol. The molecule has 0 saturated heterocycles. The molecule has 9 heteroatoms. The van der Waals surface area contributed by atoms with Crippen LogP contribution in [0.25, 0.3) is 227 Å². The van der Waals surface area contributed by atoms with Crippen molar-refractivity contribution >= 4 is 131 Å². The number of aromatic nitrogens is 9. The Bertz CT molecular complexity index is 8400. The van der Waals surface area contributed by atoms with Gasteiger partial charge in [-0.15, -0.1) is 0 Å². The zero-order valence-corrected chi connectivity index (χ0v) is 66.7. The molecule has 0 aliphatic heterocycles. The van der Waals surface area contributed by atoms with Gasteiger partial charge in [0.05, 0.1) is 100 Å². The Balaban J connectivity index is 0.000000107. The van der Waals surface area contributed by atoms with Crippen LogP contribution in [0.3, 0.4) is 0 Å². The number of nitrogens with zero attached hydrogens (tertiary/aromatic N) is 9. The fourth-order valence-corrected chi connectivity index (χ4v) is 18.2. The average molecular weight is 1570 g/mol. The lowest BCUT2D eigenvalue weighted by molar-refractivity contribution is 1.18. The van der Waals surface area contributed by atoms with E-state index < -0.39 is 0 Å². The molecule has 19 aromatic carbocycles. The fraction of sp³-hybridized carbons (Fsp3) is 0. The summed E-state index contributed by atoms with van der Waals surface area (Å²) in [4.78, 5) is 30.8. The monoisotopic (exact) mass is 1570 g/mol. The van der Waals surface area contributed by atoms with E-state index in [0.717, 1.165) is 129 Å². The molecule has 0 saturated carbocycles. The first-order valence-corrected chi connectivity index (χ1v) is 41.6. The van der Waals surface area contributed by atoms with Crippen LogP contribution in [0.4, 0.5) is 0 Å². The lowest BCUT2D eigenvalue weighted by atomic mass is 10.0. The second-order valence-electron chi connectivity index (χ2n) is 31.2. The van der Waals surface area contributed by atoms with Crippen molar-refractivity contribution in [3.63, 3.8) is 0 Å². The van der Waals surface area contributed by atoms with Crippen LogP contribution < -0.4 is 0 Å². The molecule has 123 heavy (non-hydrogen) atoms. The molecule has 0 fully saturated rings. The minimum Gasteiger partial charge on any atom is -0.309 e. The number of fused-ring (bicyclic) bond motifs is 18. The Kier molecular flexibility index (Phi) is 17.7. The first-order chi connectivity index (χ1) is 61.0. The Morgan fingerprint density at radius 3 is 0.894 bits per heavy atom. The van der Waals surface area contributed by atoms with Crippen molar-refractivity contribution in [3.05, 3.63) is 443 Å². The minimum absolute atomic E-state index is 0.873. The zero-order valence-electron chi connectivity index (χ0n) is 66.7. The summed E-state index contributed by atoms with van der Waals surface area (Å²) in [5.74, 6) is 0. The van der Waals surface area contributed by atoms with Crippen molar-refractivity contribution in [2.24, 2.45) is 0 Å². The number of hydrogen-bond acceptors (Lipinski definition) is 6. The van der Waals surface area contributed by atoms with E-state index in [1.165, 1.54) is 97.7 Å². The van der Waals surface area contributed by atoms with Crippen molar-refractivity contribution < 1.29 is 0 Å². The van der Waals surface area contributed by atoms with Gasteiger partial charge in [-0.25, -0.2) is 29.9 Å². The highest BCUT2D eigenvalue weighted by Crippen LogP contribution is 2.44. The van der Waals surface area contributed by atoms with Gasteiger partial charge in [0.15, 0.2) is 0 Å². The zero-order chi connectivity index (χ0) is 81.3. The summed E-state index contributed by atoms with van der Waals surface area (Å²) in [5.41, 5.74) is 29.8. The Labute approximate surface area is 708 Å². The summed E-state index contributed by atoms with van der Waals surface area (Å²) in [6, 6.07) is 155. The van der Waals surface area contributed by atoms with Gasteiger partial charge in [0.1, 0.15) is 0 Å². The molecule has 0 bridgehead atoms. The van der Waals surface area contributed by atoms with Crippen LogP contribution in [0.1, 0.15) is 0 Å². The maximum Gasteiger partial charge on any atom is 0.0973 e. The third-order valence-corrected chi connectivity index (χ3v) is 23.9. The van der Waals surface area contributed by atoms with Crippen LogP contribution in [-0.2, 0) is 0 Å². The van der Waals surface area contributed by atoms with Gasteiger partial charge in [0.25, 0.3) is 0 Å². The molecule has 0 amide bonds. The predicted molar refractivity (Wildman–Crippen MR) is 512 cm³/mol. The van der Waals surface area contributed by atoms with Crippen LogP contribution in [0.2, 0.25) is 0 Å². The van der Waals surface area contributed by atoms with E-state index in [9.17, 15) is 0 Å². The molecule has 25 rings (SSSR count). The van der Waals surface area contributed by atoms with E-state index in [-0.39, 0.29) is 0 Å². The first kappa shape index (κ1) is 71.7. The number of hydrogen-bond donors (Lipinski definition) is 0. The van der Waals surface area contributed by atoms with Crippen molar-refractivity contribution in [2.45, 2.75) is 0 Å². The summed E-state index contributed by atoms with van der Waals surface area (Å²) in [6.45, 7) is 0. The molecule has 0 aliphatic rings. The van der Waals surface area contributed by atoms with Gasteiger partial charge >= 0.3 is 0 Å². The Morgan fingerprint density at radius 2 is 0.439 bits per heavy atom. The fourth-order valence-electron chi connectivity index (χ4n) is 18.2. The summed E-state index contributed by atoms with van der Waals surface area (Å²) in [5, 5.41) is 15.2. The summed E-state index contributed by atoms with van der Waals surface area (Å²) < 4.78 is 7.12. The number of para-hydroxylation sites is 5. The molecule has 574 valence electrons. The van der Waals surface area contributed by atoms with Crippen molar-refractivity contribution in [1.82, 2.24) is 43.6 Å². The predicted octanol–water partition coefficient (Wildman–Crippen LogP) is 29.3. The average Bonchev–Trinajstić information content (AvgIpc) is 1.58. The van der Waals surface area contributed by atoms with Crippen LogP contribution >= 0.6 is 0 Å². The Morgan fingerprint density at radius 1 is 0.146 bits per heavy atom. The molecule has 6 heterocycles. The van der Waals surface area contributed by atoms with Crippen molar-refractivity contribution in [2.75, 3.05) is 0 Å². The molecule has 0 radical (unpaired) electrons. The van der Waals surface area contributed by atoms with E-state index in [2.05, 4.69) is 353 Å². The highest BCUT2D eigenvalue weighted by molar-refractivity contribution is 6.23. The second-order valence-corrected chi connectivity index (χ2v) is 31.2. The standard InChI is InChI=1S/C42H27N3.2C36H23N3/c1-3-12-30(13-4-1)41-42(31-14-5-2-6-15-31)44-37-27-32(21-25-36(37)43-41)28-19-23-33(24-20-28)45-38-18-10-9-17-35(38)40-34-16-8-7-11-29(34)22-26-39(40)45;1-3-12-25(13-4-1)35-36(26-14-5-2-6-15-26)38-31-23-27(20-21-30(31)37-35)39-32-18-10-9-17-29(32)34-28-16-8-7-11-24(28)19-22-33(34)39;1-2-11-25(12-3-1)34-35(38-32-16-8-7-15-31(32)37-34)26-18-21-27(22-19-26)39-33-17-9-6-14-29(33)30-23-20-24-10-4-5-13-28(24)36(30)39/h1-27H;2*1-23H. The van der Waals surface area contributed by atoms with E-state index in [0.29, 0.717) is 0 Å². The van der Waals surface area contributed by atoms with E-state index in [1.54, 1.807) is 0 Å². The summed E-state index contributed by atoms with van der Waals surface area (Å²) in [7, 11) is 0. The third kappa shape index (κ3) is 12.7. The second kappa shape index (κ2) is 30.4. The molecule has 6 aromatic heterocycles. The molecule has 25 aromatic rings. The molecule has 0 unspecified atom stereocenters. The van der Waals surface area contributed by atoms with Gasteiger partial charge in [-0.1, -0.05) is 346 Å². The maximum atomic E-state index is 5.23. The van der Waals surface area contributed by atoms with E-state index in [4.69, 9.17) is 29.9 Å². The lowest BCUT2D eigenvalue weighted by Crippen LogP contribution is -1.98. The molecule has 0 spiro atoms. The third-order valence-electron chi connectivity index (χ3n) is 23.9. The molecule has 0 atom stereocenters. The largest absolute Gasteiger partial charge is 0.309 e. The van der Waals surface area contributed by atoms with Gasteiger partial charge in [-0.05, 0) is 135 Å². The topological polar surface area (TPSA) is 92.1 Å². The van der Waals surface area contributed by atoms with Gasteiger partial charge in [0, 0.05) is 88.1 Å². The van der Waals surface area contributed by atoms with Crippen LogP contribution in [0.5, 0.6) is 0 Å². The summed E-state index contributed by atoms with van der Waals surface area (Å²) in [6.07, 6.45) is 0. The molecule has 0 N–H and O–H groups in total. The lowest BCUT2D eigenvalue weighted by Gasteiger charge is -2.13. The van der Waals surface area contributed by atoms with Crippen molar-refractivity contribution in [1.29, 1.82) is 0 Å². The smallest absolute Gasteiger partial charge is 0.0973 e. The SMILES string of the molecule is c1ccc(-c2nc3ccc(-c4ccc(-n5c6ccccc6c6c7ccccc7ccc65)cc4)cc3nc2-c2ccccc2)cc1.c1ccc(-c2nc3ccc(-n4c5ccccc5c5c6ccccc6ccc54)cc3nc2-c2ccccc2)cc1.c1ccc(-c2nc3ccccc3nc2-c2ccc(-n3c4ccccc4c4ccc5ccccc5c43)cc2)cc1. The minimum atomic E-state index is 0.873. The van der Waals surface area contributed by atoms with Crippen LogP contribution in [-0.4, -0.2) is 43.6 Å². The Hall–Kier alpha value is -16.6. The quantitative estimate of drug-likeness (QED) is 0.135. The van der Waals surface area contributed by atoms with Gasteiger partial charge in [0.2, 0.25) is 0 Å². The van der Waals surface area contributed by atoms with Crippen LogP contribution in [0.15, 0.2) is 443 Å². The maximum absolute atomic E-state index is 5.23. The van der Waals surface area contributed by atoms with Gasteiger partial charge in [-0.3, -0.25) is 0 Å². The van der Waals surface area contributed by atoms with Gasteiger partial charge < -0.3 is 13.7 Å². The van der Waals surface area contributed by atoms with E-state index >= 15 is 0 Å². The summed E-state index contributed by atoms with van der Waals surface area (Å²) >= 11 is 0. The normalized spacial score (nSPS) is 11.6. The van der Waals surface area contributed by atoms with E-state index in [1.807, 2.05) is 103 Å². The highest BCUT2D eigenvalue weighted by Gasteiger charge is 2.23. The van der Waals surface area contributed by atoms with Crippen LogP contribution in [0, 0.1) is 0 Å². The highest BCUT2D eigenvalue weighted by atomic mass is 15.0.